The summed E-state index contributed by atoms with van der Waals surface area (Å²) in [6.07, 6.45) is 0.257. The molecule has 1 rings (SSSR count). The van der Waals surface area contributed by atoms with Crippen molar-refractivity contribution >= 4 is 40.0 Å². The number of hydrogen-bond acceptors (Lipinski definition) is 1. The van der Waals surface area contributed by atoms with Crippen LogP contribution in [0.4, 0.5) is 0 Å². The maximum atomic E-state index is 11.6. The predicted octanol–water partition coefficient (Wildman–Crippen LogP) is 3.54. The first kappa shape index (κ1) is 11.5. The zero-order valence-corrected chi connectivity index (χ0v) is 10.5. The van der Waals surface area contributed by atoms with Gasteiger partial charge in [-0.25, -0.2) is 0 Å². The van der Waals surface area contributed by atoms with Gasteiger partial charge in [0.25, 0.3) is 0 Å². The van der Waals surface area contributed by atoms with Crippen molar-refractivity contribution in [3.05, 3.63) is 32.4 Å². The van der Waals surface area contributed by atoms with Gasteiger partial charge in [0.1, 0.15) is 0 Å². The number of carbonyl (C=O) groups is 1. The van der Waals surface area contributed by atoms with Crippen molar-refractivity contribution in [2.45, 2.75) is 13.3 Å². The zero-order valence-electron chi connectivity index (χ0n) is 7.60. The SMILES string of the molecule is CC#CCC(=O)c1cc(Cl)ccc1I. The lowest BCUT2D eigenvalue weighted by Gasteiger charge is -2.01. The Bertz CT molecular complexity index is 415. The third-order valence-electron chi connectivity index (χ3n) is 1.65. The molecular formula is C11H8ClIO. The number of benzene rings is 1. The van der Waals surface area contributed by atoms with Crippen LogP contribution in [0.1, 0.15) is 23.7 Å². The number of carbonyl (C=O) groups excluding carboxylic acids is 1. The van der Waals surface area contributed by atoms with Crippen molar-refractivity contribution in [2.24, 2.45) is 0 Å². The molecule has 0 fully saturated rings. The highest BCUT2D eigenvalue weighted by molar-refractivity contribution is 14.1. The first-order valence-corrected chi connectivity index (χ1v) is 5.48. The summed E-state index contributed by atoms with van der Waals surface area (Å²) in [5, 5.41) is 0.582. The summed E-state index contributed by atoms with van der Waals surface area (Å²) in [7, 11) is 0. The molecule has 0 aliphatic heterocycles. The molecule has 0 aliphatic rings. The Labute approximate surface area is 102 Å². The highest BCUT2D eigenvalue weighted by atomic mass is 127. The lowest BCUT2D eigenvalue weighted by molar-refractivity contribution is 0.0997. The normalized spacial score (nSPS) is 9.07. The molecular weight excluding hydrogens is 310 g/mol. The molecule has 1 nitrogen and oxygen atoms in total. The molecule has 14 heavy (non-hydrogen) atoms. The van der Waals surface area contributed by atoms with Crippen LogP contribution in [0.2, 0.25) is 5.02 Å². The Morgan fingerprint density at radius 3 is 2.93 bits per heavy atom. The molecule has 0 aromatic heterocycles. The van der Waals surface area contributed by atoms with E-state index in [9.17, 15) is 4.79 Å². The van der Waals surface area contributed by atoms with Gasteiger partial charge in [0.05, 0.1) is 6.42 Å². The Morgan fingerprint density at radius 2 is 2.29 bits per heavy atom. The minimum absolute atomic E-state index is 0.0197. The summed E-state index contributed by atoms with van der Waals surface area (Å²) in [6, 6.07) is 5.28. The molecule has 0 heterocycles. The largest absolute Gasteiger partial charge is 0.293 e. The lowest BCUT2D eigenvalue weighted by Crippen LogP contribution is -2.00. The van der Waals surface area contributed by atoms with Crippen LogP contribution in [-0.2, 0) is 0 Å². The van der Waals surface area contributed by atoms with E-state index in [-0.39, 0.29) is 12.2 Å². The fourth-order valence-electron chi connectivity index (χ4n) is 0.975. The molecule has 0 saturated heterocycles. The highest BCUT2D eigenvalue weighted by Crippen LogP contribution is 2.19. The molecule has 0 unspecified atom stereocenters. The number of halogens is 2. The highest BCUT2D eigenvalue weighted by Gasteiger charge is 2.08. The smallest absolute Gasteiger partial charge is 0.175 e. The molecule has 72 valence electrons. The van der Waals surface area contributed by atoms with Gasteiger partial charge in [0.2, 0.25) is 0 Å². The third-order valence-corrected chi connectivity index (χ3v) is 2.83. The van der Waals surface area contributed by atoms with Gasteiger partial charge in [-0.3, -0.25) is 4.79 Å². The first-order chi connectivity index (χ1) is 6.65. The van der Waals surface area contributed by atoms with Crippen LogP contribution in [0.15, 0.2) is 18.2 Å². The molecule has 0 aliphatic carbocycles. The van der Waals surface area contributed by atoms with E-state index < -0.39 is 0 Å². The fourth-order valence-corrected chi connectivity index (χ4v) is 1.78. The van der Waals surface area contributed by atoms with Crippen LogP contribution in [0.5, 0.6) is 0 Å². The molecule has 0 amide bonds. The van der Waals surface area contributed by atoms with E-state index in [4.69, 9.17) is 11.6 Å². The van der Waals surface area contributed by atoms with E-state index in [1.54, 1.807) is 19.1 Å². The second kappa shape index (κ2) is 5.38. The number of Topliss-reactive ketones (excluding diaryl/α,β-unsaturated/α-hetero) is 1. The van der Waals surface area contributed by atoms with Crippen LogP contribution in [-0.4, -0.2) is 5.78 Å². The van der Waals surface area contributed by atoms with E-state index in [2.05, 4.69) is 34.4 Å². The van der Waals surface area contributed by atoms with Crippen molar-refractivity contribution in [3.8, 4) is 11.8 Å². The average molecular weight is 319 g/mol. The average Bonchev–Trinajstić information content (AvgIpc) is 2.18. The van der Waals surface area contributed by atoms with Crippen molar-refractivity contribution in [1.29, 1.82) is 0 Å². The molecule has 0 saturated carbocycles. The zero-order chi connectivity index (χ0) is 10.6. The number of rotatable bonds is 2. The van der Waals surface area contributed by atoms with Gasteiger partial charge in [-0.1, -0.05) is 17.5 Å². The Kier molecular flexibility index (Phi) is 4.43. The molecule has 0 bridgehead atoms. The monoisotopic (exact) mass is 318 g/mol. The maximum absolute atomic E-state index is 11.6. The topological polar surface area (TPSA) is 17.1 Å². The van der Waals surface area contributed by atoms with Gasteiger partial charge in [-0.05, 0) is 47.7 Å². The third kappa shape index (κ3) is 3.00. The molecule has 0 spiro atoms. The standard InChI is InChI=1S/C11H8ClIO/c1-2-3-4-11(14)9-7-8(12)5-6-10(9)13/h5-7H,4H2,1H3. The quantitative estimate of drug-likeness (QED) is 0.463. The minimum Gasteiger partial charge on any atom is -0.293 e. The molecule has 0 N–H and O–H groups in total. The Balaban J connectivity index is 2.98. The van der Waals surface area contributed by atoms with Gasteiger partial charge in [0.15, 0.2) is 5.78 Å². The van der Waals surface area contributed by atoms with Crippen molar-refractivity contribution in [3.63, 3.8) is 0 Å². The summed E-state index contributed by atoms with van der Waals surface area (Å²) in [6.45, 7) is 1.72. The van der Waals surface area contributed by atoms with Crippen molar-refractivity contribution < 1.29 is 4.79 Å². The van der Waals surface area contributed by atoms with E-state index in [1.807, 2.05) is 6.07 Å². The Hall–Kier alpha value is -0.530. The lowest BCUT2D eigenvalue weighted by atomic mass is 10.1. The van der Waals surface area contributed by atoms with Gasteiger partial charge >= 0.3 is 0 Å². The molecule has 1 aromatic carbocycles. The summed E-state index contributed by atoms with van der Waals surface area (Å²) in [5.74, 6) is 5.46. The van der Waals surface area contributed by atoms with Crippen LogP contribution < -0.4 is 0 Å². The van der Waals surface area contributed by atoms with E-state index in [0.717, 1.165) is 3.57 Å². The number of hydrogen-bond donors (Lipinski definition) is 0. The summed E-state index contributed by atoms with van der Waals surface area (Å²) >= 11 is 7.92. The molecule has 0 atom stereocenters. The van der Waals surface area contributed by atoms with E-state index in [1.165, 1.54) is 0 Å². The van der Waals surface area contributed by atoms with Crippen LogP contribution >= 0.6 is 34.2 Å². The van der Waals surface area contributed by atoms with Crippen LogP contribution in [0.3, 0.4) is 0 Å². The fraction of sp³-hybridized carbons (Fsp3) is 0.182. The molecule has 1 aromatic rings. The van der Waals surface area contributed by atoms with E-state index in [0.29, 0.717) is 10.6 Å². The summed E-state index contributed by atoms with van der Waals surface area (Å²) in [5.41, 5.74) is 0.654. The van der Waals surface area contributed by atoms with Crippen molar-refractivity contribution in [1.82, 2.24) is 0 Å². The molecule has 3 heteroatoms. The second-order valence-corrected chi connectivity index (χ2v) is 4.25. The van der Waals surface area contributed by atoms with Gasteiger partial charge in [0, 0.05) is 14.2 Å². The predicted molar refractivity (Wildman–Crippen MR) is 66.6 cm³/mol. The second-order valence-electron chi connectivity index (χ2n) is 2.65. The summed E-state index contributed by atoms with van der Waals surface area (Å²) < 4.78 is 0.912. The van der Waals surface area contributed by atoms with Gasteiger partial charge in [-0.15, -0.1) is 5.92 Å². The van der Waals surface area contributed by atoms with Crippen LogP contribution in [0, 0.1) is 15.4 Å². The summed E-state index contributed by atoms with van der Waals surface area (Å²) in [4.78, 5) is 11.6. The van der Waals surface area contributed by atoms with Gasteiger partial charge in [-0.2, -0.15) is 0 Å². The van der Waals surface area contributed by atoms with Crippen molar-refractivity contribution in [2.75, 3.05) is 0 Å². The van der Waals surface area contributed by atoms with E-state index >= 15 is 0 Å². The molecule has 0 radical (unpaired) electrons. The Morgan fingerprint density at radius 1 is 1.57 bits per heavy atom. The van der Waals surface area contributed by atoms with Gasteiger partial charge < -0.3 is 0 Å². The first-order valence-electron chi connectivity index (χ1n) is 4.03. The maximum Gasteiger partial charge on any atom is 0.175 e. The number of ketones is 1. The minimum atomic E-state index is 0.0197. The van der Waals surface area contributed by atoms with Crippen LogP contribution in [0.25, 0.3) is 0 Å².